The number of hydrogen-bond donors (Lipinski definition) is 1. The molecule has 0 saturated heterocycles. The van der Waals surface area contributed by atoms with Crippen LogP contribution in [0.2, 0.25) is 5.22 Å². The van der Waals surface area contributed by atoms with Crippen molar-refractivity contribution >= 4 is 27.5 Å². The molecule has 0 radical (unpaired) electrons. The number of aliphatic hydroxyl groups is 1. The van der Waals surface area contributed by atoms with Crippen LogP contribution < -0.4 is 4.74 Å². The molecule has 2 aromatic rings. The van der Waals surface area contributed by atoms with Gasteiger partial charge >= 0.3 is 0 Å². The summed E-state index contributed by atoms with van der Waals surface area (Å²) in [5, 5.41) is 10.3. The van der Waals surface area contributed by atoms with Gasteiger partial charge in [-0.25, -0.2) is 0 Å². The number of benzene rings is 1. The van der Waals surface area contributed by atoms with E-state index in [4.69, 9.17) is 20.8 Å². The number of furan rings is 1. The molecule has 1 N–H and O–H groups in total. The number of ether oxygens (including phenoxy) is 1. The molecule has 3 nitrogen and oxygen atoms in total. The van der Waals surface area contributed by atoms with E-state index in [2.05, 4.69) is 15.9 Å². The molecular weight excluding hydrogens is 319 g/mol. The summed E-state index contributed by atoms with van der Waals surface area (Å²) in [6.45, 7) is 0. The molecule has 1 aromatic heterocycles. The average molecular weight is 332 g/mol. The maximum atomic E-state index is 10.1. The van der Waals surface area contributed by atoms with Gasteiger partial charge in [-0.05, 0) is 41.4 Å². The van der Waals surface area contributed by atoms with E-state index in [1.54, 1.807) is 13.2 Å². The fraction of sp³-hybridized carbons (Fsp3) is 0.231. The monoisotopic (exact) mass is 330 g/mol. The lowest BCUT2D eigenvalue weighted by Crippen LogP contribution is -2.02. The molecule has 0 fully saturated rings. The summed E-state index contributed by atoms with van der Waals surface area (Å²) in [5.41, 5.74) is 1.53. The van der Waals surface area contributed by atoms with Crippen LogP contribution in [0.1, 0.15) is 17.2 Å². The first-order valence-corrected chi connectivity index (χ1v) is 6.52. The van der Waals surface area contributed by atoms with Gasteiger partial charge in [-0.3, -0.25) is 0 Å². The minimum absolute atomic E-state index is 0.224. The summed E-state index contributed by atoms with van der Waals surface area (Å²) >= 11 is 9.28. The van der Waals surface area contributed by atoms with E-state index in [9.17, 15) is 5.11 Å². The number of aliphatic hydroxyl groups excluding tert-OH is 1. The topological polar surface area (TPSA) is 42.6 Å². The van der Waals surface area contributed by atoms with Crippen molar-refractivity contribution in [3.05, 3.63) is 51.3 Å². The quantitative estimate of drug-likeness (QED) is 0.921. The fourth-order valence-electron chi connectivity index (χ4n) is 1.70. The van der Waals surface area contributed by atoms with Gasteiger partial charge in [0.1, 0.15) is 5.75 Å². The minimum atomic E-state index is -0.709. The third-order valence-electron chi connectivity index (χ3n) is 2.67. The molecule has 0 amide bonds. The Balaban J connectivity index is 2.21. The molecule has 0 spiro atoms. The summed E-state index contributed by atoms with van der Waals surface area (Å²) in [6, 6.07) is 7.28. The zero-order valence-corrected chi connectivity index (χ0v) is 12.0. The Morgan fingerprint density at radius 2 is 2.22 bits per heavy atom. The van der Waals surface area contributed by atoms with Crippen molar-refractivity contribution in [1.82, 2.24) is 0 Å². The second-order valence-corrected chi connectivity index (χ2v) is 5.02. The van der Waals surface area contributed by atoms with Crippen molar-refractivity contribution in [2.75, 3.05) is 7.11 Å². The highest BCUT2D eigenvalue weighted by atomic mass is 79.9. The van der Waals surface area contributed by atoms with E-state index < -0.39 is 6.10 Å². The Morgan fingerprint density at radius 1 is 1.44 bits per heavy atom. The molecule has 0 aliphatic heterocycles. The normalized spacial score (nSPS) is 12.4. The summed E-state index contributed by atoms with van der Waals surface area (Å²) in [7, 11) is 1.61. The standard InChI is InChI=1S/C13H12BrClO3/c1-17-9-2-3-11(14)8(6-9)7-12(16)10-4-5-18-13(10)15/h2-6,12,16H,7H2,1H3. The summed E-state index contributed by atoms with van der Waals surface area (Å²) < 4.78 is 11.0. The second kappa shape index (κ2) is 5.78. The summed E-state index contributed by atoms with van der Waals surface area (Å²) in [4.78, 5) is 0. The highest BCUT2D eigenvalue weighted by molar-refractivity contribution is 9.10. The van der Waals surface area contributed by atoms with Gasteiger partial charge in [-0.15, -0.1) is 0 Å². The third kappa shape index (κ3) is 2.88. The van der Waals surface area contributed by atoms with Crippen LogP contribution in [-0.4, -0.2) is 12.2 Å². The molecule has 1 heterocycles. The molecule has 0 bridgehead atoms. The first-order chi connectivity index (χ1) is 8.61. The second-order valence-electron chi connectivity index (χ2n) is 3.83. The zero-order chi connectivity index (χ0) is 13.1. The predicted octanol–water partition coefficient (Wildman–Crippen LogP) is 3.98. The third-order valence-corrected chi connectivity index (χ3v) is 3.75. The van der Waals surface area contributed by atoms with Crippen LogP contribution in [0.25, 0.3) is 0 Å². The highest BCUT2D eigenvalue weighted by Gasteiger charge is 2.16. The van der Waals surface area contributed by atoms with E-state index in [0.717, 1.165) is 15.8 Å². The van der Waals surface area contributed by atoms with E-state index in [0.29, 0.717) is 12.0 Å². The Kier molecular flexibility index (Phi) is 4.32. The summed E-state index contributed by atoms with van der Waals surface area (Å²) in [6.07, 6.45) is 1.18. The van der Waals surface area contributed by atoms with Crippen LogP contribution in [0, 0.1) is 0 Å². The molecule has 0 aliphatic rings. The van der Waals surface area contributed by atoms with Crippen LogP contribution in [0.5, 0.6) is 5.75 Å². The molecule has 0 saturated carbocycles. The van der Waals surface area contributed by atoms with Crippen LogP contribution in [0.3, 0.4) is 0 Å². The van der Waals surface area contributed by atoms with Gasteiger partial charge in [0.2, 0.25) is 0 Å². The first kappa shape index (κ1) is 13.5. The van der Waals surface area contributed by atoms with E-state index in [1.807, 2.05) is 18.2 Å². The summed E-state index contributed by atoms with van der Waals surface area (Å²) in [5.74, 6) is 0.749. The Labute approximate surface area is 118 Å². The number of methoxy groups -OCH3 is 1. The van der Waals surface area contributed by atoms with Gasteiger partial charge in [0.25, 0.3) is 0 Å². The molecular formula is C13H12BrClO3. The molecule has 1 aromatic carbocycles. The Hall–Kier alpha value is -0.970. The van der Waals surface area contributed by atoms with E-state index >= 15 is 0 Å². The number of rotatable bonds is 4. The van der Waals surface area contributed by atoms with Crippen LogP contribution in [0.15, 0.2) is 39.4 Å². The van der Waals surface area contributed by atoms with Crippen LogP contribution >= 0.6 is 27.5 Å². The SMILES string of the molecule is COc1ccc(Br)c(CC(O)c2ccoc2Cl)c1. The smallest absolute Gasteiger partial charge is 0.198 e. The molecule has 5 heteroatoms. The van der Waals surface area contributed by atoms with Crippen LogP contribution in [0.4, 0.5) is 0 Å². The molecule has 2 rings (SSSR count). The Morgan fingerprint density at radius 3 is 2.83 bits per heavy atom. The number of halogens is 2. The van der Waals surface area contributed by atoms with Crippen molar-refractivity contribution in [1.29, 1.82) is 0 Å². The molecule has 18 heavy (non-hydrogen) atoms. The van der Waals surface area contributed by atoms with E-state index in [-0.39, 0.29) is 5.22 Å². The maximum absolute atomic E-state index is 10.1. The van der Waals surface area contributed by atoms with Crippen molar-refractivity contribution in [2.24, 2.45) is 0 Å². The van der Waals surface area contributed by atoms with Crippen LogP contribution in [-0.2, 0) is 6.42 Å². The van der Waals surface area contributed by atoms with Gasteiger partial charge in [0, 0.05) is 16.5 Å². The first-order valence-electron chi connectivity index (χ1n) is 5.35. The van der Waals surface area contributed by atoms with Crippen molar-refractivity contribution in [3.8, 4) is 5.75 Å². The van der Waals surface area contributed by atoms with Gasteiger partial charge in [0.05, 0.1) is 19.5 Å². The minimum Gasteiger partial charge on any atom is -0.497 e. The van der Waals surface area contributed by atoms with Gasteiger partial charge in [0.15, 0.2) is 5.22 Å². The Bertz CT molecular complexity index is 539. The van der Waals surface area contributed by atoms with E-state index in [1.165, 1.54) is 6.26 Å². The molecule has 0 aliphatic carbocycles. The van der Waals surface area contributed by atoms with Gasteiger partial charge in [-0.2, -0.15) is 0 Å². The lowest BCUT2D eigenvalue weighted by Gasteiger charge is -2.12. The number of hydrogen-bond acceptors (Lipinski definition) is 3. The maximum Gasteiger partial charge on any atom is 0.198 e. The predicted molar refractivity (Wildman–Crippen MR) is 73.1 cm³/mol. The van der Waals surface area contributed by atoms with Crippen molar-refractivity contribution in [3.63, 3.8) is 0 Å². The zero-order valence-electron chi connectivity index (χ0n) is 9.69. The lowest BCUT2D eigenvalue weighted by atomic mass is 10.0. The largest absolute Gasteiger partial charge is 0.497 e. The lowest BCUT2D eigenvalue weighted by molar-refractivity contribution is 0.177. The van der Waals surface area contributed by atoms with Crippen molar-refractivity contribution in [2.45, 2.75) is 12.5 Å². The molecule has 1 unspecified atom stereocenters. The average Bonchev–Trinajstić information content (AvgIpc) is 2.78. The highest BCUT2D eigenvalue weighted by Crippen LogP contribution is 2.30. The fourth-order valence-corrected chi connectivity index (χ4v) is 2.34. The molecule has 96 valence electrons. The molecule has 1 atom stereocenters. The van der Waals surface area contributed by atoms with Gasteiger partial charge in [-0.1, -0.05) is 15.9 Å². The van der Waals surface area contributed by atoms with Crippen molar-refractivity contribution < 1.29 is 14.3 Å². The van der Waals surface area contributed by atoms with Gasteiger partial charge < -0.3 is 14.3 Å².